The summed E-state index contributed by atoms with van der Waals surface area (Å²) in [6, 6.07) is 2.87. The molecule has 0 fully saturated rings. The predicted octanol–water partition coefficient (Wildman–Crippen LogP) is 0.907. The average Bonchev–Trinajstić information content (AvgIpc) is 2.73. The van der Waals surface area contributed by atoms with E-state index in [0.717, 1.165) is 10.6 Å². The van der Waals surface area contributed by atoms with Crippen molar-refractivity contribution in [1.29, 1.82) is 0 Å². The SMILES string of the molecule is Cc1ncsc1CNS(=O)(=O)c1ccc(N)nc1. The zero-order valence-electron chi connectivity index (χ0n) is 9.62. The van der Waals surface area contributed by atoms with E-state index in [1.807, 2.05) is 6.92 Å². The van der Waals surface area contributed by atoms with Gasteiger partial charge < -0.3 is 5.73 Å². The fourth-order valence-electron chi connectivity index (χ4n) is 1.29. The van der Waals surface area contributed by atoms with Crippen LogP contribution in [0, 0.1) is 6.92 Å². The van der Waals surface area contributed by atoms with Gasteiger partial charge >= 0.3 is 0 Å². The van der Waals surface area contributed by atoms with Crippen LogP contribution in [0.25, 0.3) is 0 Å². The van der Waals surface area contributed by atoms with Crippen molar-refractivity contribution >= 4 is 27.2 Å². The molecule has 0 aliphatic carbocycles. The number of hydrogen-bond acceptors (Lipinski definition) is 6. The van der Waals surface area contributed by atoms with E-state index < -0.39 is 10.0 Å². The number of aromatic nitrogens is 2. The van der Waals surface area contributed by atoms with Gasteiger partial charge in [-0.05, 0) is 19.1 Å². The van der Waals surface area contributed by atoms with E-state index in [-0.39, 0.29) is 17.3 Å². The second-order valence-electron chi connectivity index (χ2n) is 3.60. The van der Waals surface area contributed by atoms with Crippen LogP contribution in [0.4, 0.5) is 5.82 Å². The Bertz CT molecular complexity index is 634. The Morgan fingerprint density at radius 2 is 2.17 bits per heavy atom. The summed E-state index contributed by atoms with van der Waals surface area (Å²) in [7, 11) is -3.56. The fourth-order valence-corrected chi connectivity index (χ4v) is 3.04. The van der Waals surface area contributed by atoms with E-state index in [1.165, 1.54) is 29.7 Å². The van der Waals surface area contributed by atoms with E-state index in [9.17, 15) is 8.42 Å². The molecule has 0 unspecified atom stereocenters. The lowest BCUT2D eigenvalue weighted by Crippen LogP contribution is -2.23. The molecule has 2 rings (SSSR count). The summed E-state index contributed by atoms with van der Waals surface area (Å²) in [5, 5.41) is 0. The number of nitrogens with two attached hydrogens (primary N) is 1. The summed E-state index contributed by atoms with van der Waals surface area (Å²) in [5.74, 6) is 0.284. The summed E-state index contributed by atoms with van der Waals surface area (Å²) in [4.78, 5) is 8.80. The first-order chi connectivity index (χ1) is 8.49. The van der Waals surface area contributed by atoms with Gasteiger partial charge in [-0.3, -0.25) is 0 Å². The lowest BCUT2D eigenvalue weighted by Gasteiger charge is -2.05. The Labute approximate surface area is 109 Å². The van der Waals surface area contributed by atoms with Crippen LogP contribution >= 0.6 is 11.3 Å². The minimum Gasteiger partial charge on any atom is -0.384 e. The smallest absolute Gasteiger partial charge is 0.242 e. The quantitative estimate of drug-likeness (QED) is 0.869. The van der Waals surface area contributed by atoms with E-state index >= 15 is 0 Å². The molecule has 96 valence electrons. The first kappa shape index (κ1) is 12.9. The van der Waals surface area contributed by atoms with Crippen LogP contribution in [0.3, 0.4) is 0 Å². The molecule has 0 bridgehead atoms. The molecule has 0 aliphatic rings. The average molecular weight is 284 g/mol. The van der Waals surface area contributed by atoms with Gasteiger partial charge in [-0.2, -0.15) is 0 Å². The highest BCUT2D eigenvalue weighted by molar-refractivity contribution is 7.89. The van der Waals surface area contributed by atoms with Gasteiger partial charge in [0.25, 0.3) is 0 Å². The predicted molar refractivity (Wildman–Crippen MR) is 69.5 cm³/mol. The van der Waals surface area contributed by atoms with Gasteiger partial charge in [0, 0.05) is 17.6 Å². The normalized spacial score (nSPS) is 11.6. The lowest BCUT2D eigenvalue weighted by atomic mass is 10.4. The van der Waals surface area contributed by atoms with Gasteiger partial charge in [0.1, 0.15) is 10.7 Å². The monoisotopic (exact) mass is 284 g/mol. The Morgan fingerprint density at radius 3 is 2.72 bits per heavy atom. The lowest BCUT2D eigenvalue weighted by molar-refractivity contribution is 0.581. The topological polar surface area (TPSA) is 98.0 Å². The van der Waals surface area contributed by atoms with E-state index in [1.54, 1.807) is 5.51 Å². The summed E-state index contributed by atoms with van der Waals surface area (Å²) >= 11 is 1.41. The van der Waals surface area contributed by atoms with E-state index in [2.05, 4.69) is 14.7 Å². The molecule has 18 heavy (non-hydrogen) atoms. The summed E-state index contributed by atoms with van der Waals surface area (Å²) in [6.45, 7) is 2.06. The van der Waals surface area contributed by atoms with Gasteiger partial charge in [-0.1, -0.05) is 0 Å². The molecule has 2 heterocycles. The van der Waals surface area contributed by atoms with Gasteiger partial charge in [0.05, 0.1) is 11.2 Å². The molecule has 2 aromatic heterocycles. The molecule has 0 radical (unpaired) electrons. The number of hydrogen-bond donors (Lipinski definition) is 2. The van der Waals surface area contributed by atoms with Crippen molar-refractivity contribution in [3.8, 4) is 0 Å². The van der Waals surface area contributed by atoms with E-state index in [0.29, 0.717) is 0 Å². The van der Waals surface area contributed by atoms with Crippen LogP contribution in [0.15, 0.2) is 28.7 Å². The second kappa shape index (κ2) is 5.01. The highest BCUT2D eigenvalue weighted by Gasteiger charge is 2.15. The minimum absolute atomic E-state index is 0.0962. The van der Waals surface area contributed by atoms with Crippen LogP contribution in [-0.4, -0.2) is 18.4 Å². The zero-order valence-corrected chi connectivity index (χ0v) is 11.3. The molecule has 3 N–H and O–H groups in total. The number of rotatable bonds is 4. The van der Waals surface area contributed by atoms with Gasteiger partial charge in [-0.25, -0.2) is 23.1 Å². The summed E-state index contributed by atoms with van der Waals surface area (Å²) in [6.07, 6.45) is 1.23. The molecule has 0 atom stereocenters. The number of nitrogens with one attached hydrogen (secondary N) is 1. The van der Waals surface area contributed by atoms with Crippen molar-refractivity contribution in [3.63, 3.8) is 0 Å². The molecule has 0 spiro atoms. The summed E-state index contributed by atoms with van der Waals surface area (Å²) < 4.78 is 26.4. The van der Waals surface area contributed by atoms with Crippen molar-refractivity contribution in [3.05, 3.63) is 34.4 Å². The second-order valence-corrected chi connectivity index (χ2v) is 6.31. The molecular formula is C10H12N4O2S2. The Hall–Kier alpha value is -1.51. The van der Waals surface area contributed by atoms with Crippen molar-refractivity contribution in [2.24, 2.45) is 0 Å². The molecule has 2 aromatic rings. The first-order valence-electron chi connectivity index (χ1n) is 5.09. The van der Waals surface area contributed by atoms with Crippen molar-refractivity contribution < 1.29 is 8.42 Å². The number of aryl methyl sites for hydroxylation is 1. The zero-order chi connectivity index (χ0) is 13.2. The highest BCUT2D eigenvalue weighted by Crippen LogP contribution is 2.14. The first-order valence-corrected chi connectivity index (χ1v) is 7.45. The third-order valence-corrected chi connectivity index (χ3v) is 4.66. The molecule has 0 amide bonds. The third-order valence-electron chi connectivity index (χ3n) is 2.34. The van der Waals surface area contributed by atoms with Crippen LogP contribution in [-0.2, 0) is 16.6 Å². The van der Waals surface area contributed by atoms with Gasteiger partial charge in [0.15, 0.2) is 0 Å². The van der Waals surface area contributed by atoms with Gasteiger partial charge in [0.2, 0.25) is 10.0 Å². The van der Waals surface area contributed by atoms with Crippen molar-refractivity contribution in [2.45, 2.75) is 18.4 Å². The molecular weight excluding hydrogens is 272 g/mol. The third kappa shape index (κ3) is 2.84. The number of nitrogens with zero attached hydrogens (tertiary/aromatic N) is 2. The highest BCUT2D eigenvalue weighted by atomic mass is 32.2. The minimum atomic E-state index is -3.56. The van der Waals surface area contributed by atoms with Crippen LogP contribution in [0.1, 0.15) is 10.6 Å². The largest absolute Gasteiger partial charge is 0.384 e. The molecule has 0 saturated carbocycles. The number of pyridine rings is 1. The van der Waals surface area contributed by atoms with Crippen LogP contribution in [0.2, 0.25) is 0 Å². The molecule has 0 saturated heterocycles. The molecule has 6 nitrogen and oxygen atoms in total. The van der Waals surface area contributed by atoms with Crippen molar-refractivity contribution in [1.82, 2.24) is 14.7 Å². The molecule has 0 aliphatic heterocycles. The van der Waals surface area contributed by atoms with Crippen LogP contribution < -0.4 is 10.5 Å². The fraction of sp³-hybridized carbons (Fsp3) is 0.200. The number of sulfonamides is 1. The van der Waals surface area contributed by atoms with Crippen molar-refractivity contribution in [2.75, 3.05) is 5.73 Å². The number of thiazole rings is 1. The maximum absolute atomic E-state index is 11.9. The van der Waals surface area contributed by atoms with E-state index in [4.69, 9.17) is 5.73 Å². The Balaban J connectivity index is 2.13. The maximum Gasteiger partial charge on any atom is 0.242 e. The summed E-state index contributed by atoms with van der Waals surface area (Å²) in [5.41, 5.74) is 7.92. The maximum atomic E-state index is 11.9. The molecule has 8 heteroatoms. The van der Waals surface area contributed by atoms with Gasteiger partial charge in [-0.15, -0.1) is 11.3 Å². The number of nitrogen functional groups attached to an aromatic ring is 1. The van der Waals surface area contributed by atoms with Crippen LogP contribution in [0.5, 0.6) is 0 Å². The number of anilines is 1. The molecule has 0 aromatic carbocycles. The Kier molecular flexibility index (Phi) is 3.60. The standard InChI is InChI=1S/C10H12N4O2S2/c1-7-9(17-6-13-7)5-14-18(15,16)8-2-3-10(11)12-4-8/h2-4,6,14H,5H2,1H3,(H2,11,12). The Morgan fingerprint density at radius 1 is 1.39 bits per heavy atom.